The number of aromatic nitrogens is 4. The number of allylic oxidation sites excluding steroid dienone is 2. The number of thiophene rings is 1. The normalized spacial score (nSPS) is 17.4. The fraction of sp³-hybridized carbons (Fsp3) is 0.250. The number of fused-ring (bicyclic) bond motifs is 3. The Bertz CT molecular complexity index is 1050. The molecule has 4 rings (SSSR count). The maximum absolute atomic E-state index is 12.9. The smallest absolute Gasteiger partial charge is 0.275 e. The topological polar surface area (TPSA) is 81.9 Å². The summed E-state index contributed by atoms with van der Waals surface area (Å²) in [4.78, 5) is 26.6. The van der Waals surface area contributed by atoms with E-state index < -0.39 is 0 Å². The number of anilines is 1. The molecule has 1 atom stereocenters. The van der Waals surface area contributed by atoms with Gasteiger partial charge >= 0.3 is 0 Å². The van der Waals surface area contributed by atoms with E-state index >= 15 is 0 Å². The zero-order valence-electron chi connectivity index (χ0n) is 13.2. The minimum Gasteiger partial charge on any atom is -0.377 e. The molecule has 0 bridgehead atoms. The predicted molar refractivity (Wildman–Crippen MR) is 95.3 cm³/mol. The third kappa shape index (κ3) is 2.22. The molecule has 0 saturated carbocycles. The van der Waals surface area contributed by atoms with Crippen LogP contribution < -0.4 is 10.9 Å². The highest BCUT2D eigenvalue weighted by atomic mass is 32.1. The lowest BCUT2D eigenvalue weighted by Gasteiger charge is -2.15. The van der Waals surface area contributed by atoms with Crippen LogP contribution in [0.5, 0.6) is 0 Å². The van der Waals surface area contributed by atoms with Gasteiger partial charge in [-0.25, -0.2) is 15.0 Å². The minimum atomic E-state index is -0.100. The fourth-order valence-corrected chi connectivity index (χ4v) is 3.81. The Morgan fingerprint density at radius 3 is 2.96 bits per heavy atom. The Morgan fingerprint density at radius 2 is 2.25 bits per heavy atom. The van der Waals surface area contributed by atoms with Crippen LogP contribution in [0.2, 0.25) is 0 Å². The zero-order chi connectivity index (χ0) is 16.7. The molecule has 0 spiro atoms. The minimum absolute atomic E-state index is 0.0546. The fourth-order valence-electron chi connectivity index (χ4n) is 2.78. The summed E-state index contributed by atoms with van der Waals surface area (Å²) in [7, 11) is 3.46. The van der Waals surface area contributed by atoms with Gasteiger partial charge in [-0.2, -0.15) is 0 Å². The van der Waals surface area contributed by atoms with E-state index in [4.69, 9.17) is 4.74 Å². The van der Waals surface area contributed by atoms with Crippen molar-refractivity contribution in [2.24, 2.45) is 0 Å². The summed E-state index contributed by atoms with van der Waals surface area (Å²) >= 11 is 1.34. The number of nitrogens with one attached hydrogen (secondary N) is 1. The monoisotopic (exact) mass is 341 g/mol. The van der Waals surface area contributed by atoms with Crippen LogP contribution in [0, 0.1) is 0 Å². The highest BCUT2D eigenvalue weighted by Gasteiger charge is 2.17. The van der Waals surface area contributed by atoms with E-state index in [9.17, 15) is 4.79 Å². The van der Waals surface area contributed by atoms with Gasteiger partial charge in [-0.1, -0.05) is 12.2 Å². The maximum Gasteiger partial charge on any atom is 0.275 e. The van der Waals surface area contributed by atoms with Crippen LogP contribution in [-0.2, 0) is 4.74 Å². The summed E-state index contributed by atoms with van der Waals surface area (Å²) in [6.45, 7) is 0. The second-order valence-corrected chi connectivity index (χ2v) is 6.35. The first-order valence-corrected chi connectivity index (χ1v) is 8.28. The van der Waals surface area contributed by atoms with Gasteiger partial charge in [0.15, 0.2) is 0 Å². The Balaban J connectivity index is 1.91. The number of rotatable bonds is 3. The molecule has 3 aromatic heterocycles. The van der Waals surface area contributed by atoms with Crippen LogP contribution >= 0.6 is 11.3 Å². The van der Waals surface area contributed by atoms with Crippen molar-refractivity contribution in [1.82, 2.24) is 19.5 Å². The summed E-state index contributed by atoms with van der Waals surface area (Å²) in [6.07, 6.45) is 9.65. The predicted octanol–water partition coefficient (Wildman–Crippen LogP) is 2.26. The third-order valence-corrected chi connectivity index (χ3v) is 5.11. The van der Waals surface area contributed by atoms with Crippen molar-refractivity contribution < 1.29 is 4.74 Å². The molecule has 1 unspecified atom stereocenters. The summed E-state index contributed by atoms with van der Waals surface area (Å²) in [5.74, 6) is 0.676. The van der Waals surface area contributed by atoms with Gasteiger partial charge in [-0.15, -0.1) is 11.3 Å². The second kappa shape index (κ2) is 5.81. The lowest BCUT2D eigenvalue weighted by molar-refractivity contribution is 0.143. The van der Waals surface area contributed by atoms with E-state index in [2.05, 4.69) is 20.3 Å². The molecule has 1 aliphatic carbocycles. The molecule has 24 heavy (non-hydrogen) atoms. The molecule has 7 nitrogen and oxygen atoms in total. The molecule has 0 fully saturated rings. The summed E-state index contributed by atoms with van der Waals surface area (Å²) in [5.41, 5.74) is 1.34. The summed E-state index contributed by atoms with van der Waals surface area (Å²) in [5, 5.41) is 3.82. The van der Waals surface area contributed by atoms with Gasteiger partial charge in [0.1, 0.15) is 33.5 Å². The highest BCUT2D eigenvalue weighted by Crippen LogP contribution is 2.32. The van der Waals surface area contributed by atoms with Crippen molar-refractivity contribution in [3.05, 3.63) is 41.2 Å². The lowest BCUT2D eigenvalue weighted by Crippen LogP contribution is -2.20. The van der Waals surface area contributed by atoms with Gasteiger partial charge in [-0.05, 0) is 12.5 Å². The Hall–Kier alpha value is -2.58. The quantitative estimate of drug-likeness (QED) is 0.787. The summed E-state index contributed by atoms with van der Waals surface area (Å²) in [6, 6.07) is 0. The van der Waals surface area contributed by atoms with Gasteiger partial charge in [-0.3, -0.25) is 9.36 Å². The number of methoxy groups -OCH3 is 1. The van der Waals surface area contributed by atoms with Crippen LogP contribution in [0.4, 0.5) is 5.82 Å². The van der Waals surface area contributed by atoms with Gasteiger partial charge in [0.05, 0.1) is 11.5 Å². The molecule has 0 radical (unpaired) electrons. The molecular weight excluding hydrogens is 326 g/mol. The molecule has 0 amide bonds. The molecule has 3 heterocycles. The molecule has 3 aromatic rings. The first kappa shape index (κ1) is 15.0. The van der Waals surface area contributed by atoms with Crippen LogP contribution in [0.25, 0.3) is 26.1 Å². The van der Waals surface area contributed by atoms with Gasteiger partial charge in [0, 0.05) is 19.9 Å². The molecule has 0 aliphatic heterocycles. The first-order chi connectivity index (χ1) is 11.7. The Kier molecular flexibility index (Phi) is 3.62. The van der Waals surface area contributed by atoms with E-state index in [0.29, 0.717) is 16.0 Å². The van der Waals surface area contributed by atoms with E-state index in [1.54, 1.807) is 25.1 Å². The molecule has 0 saturated heterocycles. The Morgan fingerprint density at radius 1 is 1.38 bits per heavy atom. The highest BCUT2D eigenvalue weighted by molar-refractivity contribution is 7.25. The van der Waals surface area contributed by atoms with Crippen molar-refractivity contribution in [3.63, 3.8) is 0 Å². The molecular formula is C16H15N5O2S. The van der Waals surface area contributed by atoms with Gasteiger partial charge < -0.3 is 10.1 Å². The van der Waals surface area contributed by atoms with Crippen molar-refractivity contribution in [2.75, 3.05) is 19.5 Å². The Labute approximate surface area is 141 Å². The lowest BCUT2D eigenvalue weighted by atomic mass is 10.1. The molecule has 1 N–H and O–H groups in total. The third-order valence-electron chi connectivity index (χ3n) is 4.04. The number of hydrogen-bond acceptors (Lipinski definition) is 7. The molecule has 0 aromatic carbocycles. The largest absolute Gasteiger partial charge is 0.377 e. The maximum atomic E-state index is 12.9. The number of nitrogens with zero attached hydrogens (tertiary/aromatic N) is 4. The van der Waals surface area contributed by atoms with Crippen LogP contribution in [-0.4, -0.2) is 39.8 Å². The van der Waals surface area contributed by atoms with E-state index in [-0.39, 0.29) is 11.7 Å². The molecule has 1 aliphatic rings. The molecule has 8 heteroatoms. The first-order valence-electron chi connectivity index (χ1n) is 7.47. The molecule has 122 valence electrons. The van der Waals surface area contributed by atoms with Gasteiger partial charge in [0.25, 0.3) is 5.56 Å². The van der Waals surface area contributed by atoms with Crippen molar-refractivity contribution in [1.29, 1.82) is 0 Å². The van der Waals surface area contributed by atoms with Crippen LogP contribution in [0.15, 0.2) is 35.7 Å². The van der Waals surface area contributed by atoms with Crippen LogP contribution in [0.1, 0.15) is 6.42 Å². The van der Waals surface area contributed by atoms with Crippen molar-refractivity contribution in [2.45, 2.75) is 12.5 Å². The van der Waals surface area contributed by atoms with E-state index in [0.717, 1.165) is 22.3 Å². The number of ether oxygens (including phenoxy) is 1. The summed E-state index contributed by atoms with van der Waals surface area (Å²) < 4.78 is 7.43. The second-order valence-electron chi connectivity index (χ2n) is 5.35. The van der Waals surface area contributed by atoms with Crippen LogP contribution in [0.3, 0.4) is 0 Å². The zero-order valence-corrected chi connectivity index (χ0v) is 14.0. The number of hydrogen-bond donors (Lipinski definition) is 1. The average Bonchev–Trinajstić information content (AvgIpc) is 3.02. The standard InChI is InChI=1S/C16H15N5O2S/c1-17-14-11-12-13(24-15(11)19-7-18-14)16(22)21(8-20-12)9-3-5-10(23-2)6-4-9/h3-5,7-8,10H,6H2,1-2H3,(H,17,18,19). The van der Waals surface area contributed by atoms with Crippen molar-refractivity contribution >= 4 is 43.3 Å². The average molecular weight is 341 g/mol. The SMILES string of the molecule is CNc1ncnc2sc3c(=O)n(C4=CCC(OC)C=C4)cnc3c12. The van der Waals surface area contributed by atoms with E-state index in [1.807, 2.05) is 18.2 Å². The van der Waals surface area contributed by atoms with E-state index in [1.165, 1.54) is 17.7 Å². The van der Waals surface area contributed by atoms with Gasteiger partial charge in [0.2, 0.25) is 0 Å². The van der Waals surface area contributed by atoms with Crippen molar-refractivity contribution in [3.8, 4) is 0 Å².